The van der Waals surface area contributed by atoms with Gasteiger partial charge in [-0.05, 0) is 44.5 Å². The first-order valence-electron chi connectivity index (χ1n) is 9.96. The highest BCUT2D eigenvalue weighted by molar-refractivity contribution is 7.89. The van der Waals surface area contributed by atoms with E-state index in [2.05, 4.69) is 21.9 Å². The number of piperidine rings is 1. The number of hydrazone groups is 1. The summed E-state index contributed by atoms with van der Waals surface area (Å²) in [4.78, 5) is 4.91. The van der Waals surface area contributed by atoms with Crippen LogP contribution in [0.25, 0.3) is 0 Å². The molecule has 2 fully saturated rings. The van der Waals surface area contributed by atoms with Crippen molar-refractivity contribution in [1.29, 1.82) is 0 Å². The number of fused-ring (bicyclic) bond motifs is 2. The third-order valence-electron chi connectivity index (χ3n) is 6.26. The van der Waals surface area contributed by atoms with E-state index in [-0.39, 0.29) is 16.9 Å². The second kappa shape index (κ2) is 7.89. The molecule has 2 bridgehead atoms. The second-order valence-corrected chi connectivity index (χ2v) is 9.72. The molecule has 7 heteroatoms. The molecule has 0 radical (unpaired) electrons. The highest BCUT2D eigenvalue weighted by Gasteiger charge is 2.47. The Morgan fingerprint density at radius 3 is 2.48 bits per heavy atom. The Hall–Kier alpha value is -2.22. The van der Waals surface area contributed by atoms with Gasteiger partial charge < -0.3 is 5.11 Å². The molecular formula is C22H27N3O3S. The number of aliphatic hydroxyl groups is 1. The molecule has 0 unspecified atom stereocenters. The van der Waals surface area contributed by atoms with Gasteiger partial charge in [0.2, 0.25) is 0 Å². The minimum absolute atomic E-state index is 0.145. The molecule has 2 aliphatic heterocycles. The van der Waals surface area contributed by atoms with E-state index in [0.29, 0.717) is 12.5 Å². The van der Waals surface area contributed by atoms with Gasteiger partial charge in [0.05, 0.1) is 11.0 Å². The lowest BCUT2D eigenvalue weighted by atomic mass is 9.81. The van der Waals surface area contributed by atoms with Crippen LogP contribution in [0.3, 0.4) is 0 Å². The van der Waals surface area contributed by atoms with Gasteiger partial charge in [-0.2, -0.15) is 13.5 Å². The van der Waals surface area contributed by atoms with Crippen LogP contribution in [0.15, 0.2) is 64.6 Å². The largest absolute Gasteiger partial charge is 0.388 e. The molecule has 0 amide bonds. The molecular weight excluding hydrogens is 386 g/mol. The topological polar surface area (TPSA) is 82.0 Å². The Labute approximate surface area is 172 Å². The molecule has 6 nitrogen and oxygen atoms in total. The highest BCUT2D eigenvalue weighted by atomic mass is 32.2. The zero-order valence-corrected chi connectivity index (χ0v) is 17.5. The number of aryl methyl sites for hydroxylation is 1. The van der Waals surface area contributed by atoms with Crippen LogP contribution < -0.4 is 4.83 Å². The van der Waals surface area contributed by atoms with Gasteiger partial charge in [-0.25, -0.2) is 4.83 Å². The SMILES string of the molecule is Cc1ccc(S(=O)(=O)N/N=C2\C[C@@H]3CC[C@H]([C@H]2[C@@H](O)c2ccccc2)N3C)cc1. The summed E-state index contributed by atoms with van der Waals surface area (Å²) in [5.74, 6) is -0.248. The highest BCUT2D eigenvalue weighted by Crippen LogP contribution is 2.42. The summed E-state index contributed by atoms with van der Waals surface area (Å²) in [6.45, 7) is 1.91. The van der Waals surface area contributed by atoms with E-state index in [0.717, 1.165) is 29.7 Å². The first-order valence-corrected chi connectivity index (χ1v) is 11.4. The van der Waals surface area contributed by atoms with Crippen molar-refractivity contribution in [3.8, 4) is 0 Å². The van der Waals surface area contributed by atoms with E-state index in [1.54, 1.807) is 24.3 Å². The fourth-order valence-electron chi connectivity index (χ4n) is 4.58. The number of aliphatic hydroxyl groups excluding tert-OH is 1. The maximum atomic E-state index is 12.7. The minimum atomic E-state index is -3.75. The van der Waals surface area contributed by atoms with Crippen LogP contribution in [0.1, 0.15) is 36.5 Å². The maximum Gasteiger partial charge on any atom is 0.276 e. The molecule has 0 spiro atoms. The van der Waals surface area contributed by atoms with Gasteiger partial charge >= 0.3 is 0 Å². The van der Waals surface area contributed by atoms with Gasteiger partial charge in [0.15, 0.2) is 0 Å². The Morgan fingerprint density at radius 2 is 1.79 bits per heavy atom. The Kier molecular flexibility index (Phi) is 5.46. The molecule has 0 aromatic heterocycles. The van der Waals surface area contributed by atoms with E-state index < -0.39 is 16.1 Å². The molecule has 2 saturated heterocycles. The fraction of sp³-hybridized carbons (Fsp3) is 0.409. The fourth-order valence-corrected chi connectivity index (χ4v) is 5.42. The summed E-state index contributed by atoms with van der Waals surface area (Å²) in [6.07, 6.45) is 1.92. The van der Waals surface area contributed by atoms with Crippen molar-refractivity contribution in [2.75, 3.05) is 7.05 Å². The molecule has 0 aliphatic carbocycles. The van der Waals surface area contributed by atoms with Crippen LogP contribution in [0.4, 0.5) is 0 Å². The van der Waals surface area contributed by atoms with Gasteiger partial charge in [-0.1, -0.05) is 48.0 Å². The molecule has 2 aliphatic rings. The number of hydrogen-bond donors (Lipinski definition) is 2. The minimum Gasteiger partial charge on any atom is -0.388 e. The normalized spacial score (nSPS) is 27.1. The summed E-state index contributed by atoms with van der Waals surface area (Å²) >= 11 is 0. The molecule has 2 aromatic carbocycles. The lowest BCUT2D eigenvalue weighted by molar-refractivity contribution is 0.0734. The second-order valence-electron chi connectivity index (χ2n) is 8.06. The zero-order valence-electron chi connectivity index (χ0n) is 16.7. The first kappa shape index (κ1) is 20.1. The predicted molar refractivity (Wildman–Crippen MR) is 113 cm³/mol. The van der Waals surface area contributed by atoms with Crippen molar-refractivity contribution in [2.45, 2.75) is 49.3 Å². The molecule has 29 heavy (non-hydrogen) atoms. The lowest BCUT2D eigenvalue weighted by Crippen LogP contribution is -2.49. The number of sulfonamides is 1. The molecule has 2 heterocycles. The van der Waals surface area contributed by atoms with E-state index in [1.807, 2.05) is 37.3 Å². The van der Waals surface area contributed by atoms with Crippen molar-refractivity contribution in [3.63, 3.8) is 0 Å². The van der Waals surface area contributed by atoms with E-state index in [9.17, 15) is 13.5 Å². The van der Waals surface area contributed by atoms with Crippen LogP contribution >= 0.6 is 0 Å². The Balaban J connectivity index is 1.64. The van der Waals surface area contributed by atoms with Crippen molar-refractivity contribution >= 4 is 15.7 Å². The van der Waals surface area contributed by atoms with Crippen LogP contribution in [-0.2, 0) is 10.0 Å². The molecule has 4 atom stereocenters. The van der Waals surface area contributed by atoms with Crippen molar-refractivity contribution < 1.29 is 13.5 Å². The third-order valence-corrected chi connectivity index (χ3v) is 7.49. The average Bonchev–Trinajstić information content (AvgIpc) is 2.96. The third kappa shape index (κ3) is 3.95. The summed E-state index contributed by atoms with van der Waals surface area (Å²) in [5.41, 5.74) is 2.54. The predicted octanol–water partition coefficient (Wildman–Crippen LogP) is 2.85. The van der Waals surface area contributed by atoms with Crippen molar-refractivity contribution in [2.24, 2.45) is 11.0 Å². The monoisotopic (exact) mass is 413 g/mol. The molecule has 0 saturated carbocycles. The van der Waals surface area contributed by atoms with Crippen LogP contribution in [0, 0.1) is 12.8 Å². The lowest BCUT2D eigenvalue weighted by Gasteiger charge is -2.40. The van der Waals surface area contributed by atoms with Gasteiger partial charge in [-0.15, -0.1) is 0 Å². The Morgan fingerprint density at radius 1 is 1.10 bits per heavy atom. The number of hydrogen-bond acceptors (Lipinski definition) is 5. The van der Waals surface area contributed by atoms with E-state index >= 15 is 0 Å². The first-order chi connectivity index (χ1) is 13.9. The molecule has 2 N–H and O–H groups in total. The molecule has 4 rings (SSSR count). The molecule has 154 valence electrons. The number of nitrogens with zero attached hydrogens (tertiary/aromatic N) is 2. The van der Waals surface area contributed by atoms with Gasteiger partial charge in [-0.3, -0.25) is 4.90 Å². The van der Waals surface area contributed by atoms with Gasteiger partial charge in [0, 0.05) is 30.1 Å². The van der Waals surface area contributed by atoms with Gasteiger partial charge in [0.1, 0.15) is 0 Å². The van der Waals surface area contributed by atoms with Crippen LogP contribution in [0.5, 0.6) is 0 Å². The van der Waals surface area contributed by atoms with E-state index in [1.165, 1.54) is 0 Å². The molecule has 2 aromatic rings. The number of rotatable bonds is 5. The summed E-state index contributed by atoms with van der Waals surface area (Å²) < 4.78 is 25.4. The number of benzene rings is 2. The zero-order chi connectivity index (χ0) is 20.6. The average molecular weight is 414 g/mol. The van der Waals surface area contributed by atoms with E-state index in [4.69, 9.17) is 0 Å². The van der Waals surface area contributed by atoms with Crippen molar-refractivity contribution in [1.82, 2.24) is 9.73 Å². The van der Waals surface area contributed by atoms with Gasteiger partial charge in [0.25, 0.3) is 10.0 Å². The standard InChI is InChI=1S/C22H27N3O3S/c1-15-8-11-18(12-9-15)29(27,28)24-23-19-14-17-10-13-20(25(17)2)21(19)22(26)16-6-4-3-5-7-16/h3-9,11-12,17,20-22,24,26H,10,13-14H2,1-2H3/b23-19+/t17-,20+,21-,22-/m0/s1. The number of nitrogens with one attached hydrogen (secondary N) is 1. The summed E-state index contributed by atoms with van der Waals surface area (Å²) in [5, 5.41) is 15.5. The van der Waals surface area contributed by atoms with Crippen LogP contribution in [-0.4, -0.2) is 43.3 Å². The summed E-state index contributed by atoms with van der Waals surface area (Å²) in [6, 6.07) is 16.7. The van der Waals surface area contributed by atoms with Crippen LogP contribution in [0.2, 0.25) is 0 Å². The quantitative estimate of drug-likeness (QED) is 0.739. The maximum absolute atomic E-state index is 12.7. The summed E-state index contributed by atoms with van der Waals surface area (Å²) in [7, 11) is -1.67. The smallest absolute Gasteiger partial charge is 0.276 e. The van der Waals surface area contributed by atoms with Crippen molar-refractivity contribution in [3.05, 3.63) is 65.7 Å². The Bertz CT molecular complexity index is 990.